The van der Waals surface area contributed by atoms with Crippen LogP contribution in [0.5, 0.6) is 0 Å². The van der Waals surface area contributed by atoms with Gasteiger partial charge in [0, 0.05) is 36.4 Å². The summed E-state index contributed by atoms with van der Waals surface area (Å²) in [6, 6.07) is 12.2. The number of pyridine rings is 1. The van der Waals surface area contributed by atoms with Crippen molar-refractivity contribution < 1.29 is 0 Å². The van der Waals surface area contributed by atoms with Crippen LogP contribution in [0.3, 0.4) is 0 Å². The molecule has 1 unspecified atom stereocenters. The molecule has 4 heteroatoms. The van der Waals surface area contributed by atoms with Gasteiger partial charge in [0.05, 0.1) is 5.69 Å². The van der Waals surface area contributed by atoms with Crippen LogP contribution >= 0.6 is 19.5 Å². The van der Waals surface area contributed by atoms with Crippen molar-refractivity contribution in [3.8, 4) is 11.3 Å². The fraction of sp³-hybridized carbons (Fsp3) is 0.188. The predicted molar refractivity (Wildman–Crippen MR) is 87.7 cm³/mol. The molecule has 0 aliphatic carbocycles. The van der Waals surface area contributed by atoms with Gasteiger partial charge in [-0.15, -0.1) is 0 Å². The van der Waals surface area contributed by atoms with Gasteiger partial charge in [-0.25, -0.2) is 4.98 Å². The number of benzene rings is 1. The molecular weight excluding hydrogens is 287 g/mol. The third-order valence-corrected chi connectivity index (χ3v) is 6.04. The number of nitrogens with zero attached hydrogens (tertiary/aromatic N) is 2. The number of hydrogen-bond acceptors (Lipinski definition) is 2. The third kappa shape index (κ3) is 1.95. The zero-order chi connectivity index (χ0) is 13.9. The fourth-order valence-corrected chi connectivity index (χ4v) is 4.53. The van der Waals surface area contributed by atoms with Crippen molar-refractivity contribution in [2.24, 2.45) is 0 Å². The van der Waals surface area contributed by atoms with Crippen LogP contribution in [0.15, 0.2) is 41.7 Å². The lowest BCUT2D eigenvalue weighted by molar-refractivity contribution is 1.07. The van der Waals surface area contributed by atoms with Crippen LogP contribution in [0.25, 0.3) is 16.6 Å². The second-order valence-corrected chi connectivity index (χ2v) is 7.95. The van der Waals surface area contributed by atoms with Crippen LogP contribution in [0, 0.1) is 0 Å². The van der Waals surface area contributed by atoms with Crippen LogP contribution in [-0.2, 0) is 0 Å². The van der Waals surface area contributed by atoms with Gasteiger partial charge in [0.2, 0.25) is 0 Å². The molecule has 20 heavy (non-hydrogen) atoms. The van der Waals surface area contributed by atoms with E-state index < -0.39 is 0 Å². The average Bonchev–Trinajstić information content (AvgIpc) is 3.29. The Hall–Kier alpha value is -1.37. The molecule has 2 aliphatic heterocycles. The molecule has 1 atom stereocenters. The Morgan fingerprint density at radius 2 is 2.00 bits per heavy atom. The van der Waals surface area contributed by atoms with Gasteiger partial charge >= 0.3 is 0 Å². The average molecular weight is 301 g/mol. The summed E-state index contributed by atoms with van der Waals surface area (Å²) in [6.45, 7) is 0. The Morgan fingerprint density at radius 3 is 2.60 bits per heavy atom. The van der Waals surface area contributed by atoms with Crippen molar-refractivity contribution in [2.75, 3.05) is 25.2 Å². The van der Waals surface area contributed by atoms with Gasteiger partial charge in [-0.2, -0.15) is 0 Å². The third-order valence-electron chi connectivity index (χ3n) is 3.70. The second kappa shape index (κ2) is 4.31. The summed E-state index contributed by atoms with van der Waals surface area (Å²) in [5.41, 5.74) is 3.37. The highest BCUT2D eigenvalue weighted by molar-refractivity contribution is 7.90. The highest BCUT2D eigenvalue weighted by atomic mass is 35.5. The first-order chi connectivity index (χ1) is 9.65. The second-order valence-electron chi connectivity index (χ2n) is 5.35. The van der Waals surface area contributed by atoms with E-state index in [1.165, 1.54) is 11.7 Å². The molecule has 3 heterocycles. The van der Waals surface area contributed by atoms with Crippen molar-refractivity contribution in [3.63, 3.8) is 0 Å². The molecule has 1 saturated heterocycles. The summed E-state index contributed by atoms with van der Waals surface area (Å²) in [4.78, 5) is 6.95. The first-order valence-corrected chi connectivity index (χ1v) is 8.51. The van der Waals surface area contributed by atoms with Gasteiger partial charge in [0.25, 0.3) is 0 Å². The topological polar surface area (TPSA) is 16.1 Å². The minimum Gasteiger partial charge on any atom is -0.362 e. The Balaban J connectivity index is 1.80. The minimum atomic E-state index is 0.192. The van der Waals surface area contributed by atoms with E-state index >= 15 is 0 Å². The van der Waals surface area contributed by atoms with Gasteiger partial charge in [-0.3, -0.25) is 0 Å². The van der Waals surface area contributed by atoms with E-state index in [-0.39, 0.29) is 7.92 Å². The smallest absolute Gasteiger partial charge is 0.136 e. The fourth-order valence-electron chi connectivity index (χ4n) is 2.50. The van der Waals surface area contributed by atoms with Crippen molar-refractivity contribution in [3.05, 3.63) is 52.3 Å². The molecule has 1 aromatic carbocycles. The number of allylic oxidation sites excluding steroid dienone is 1. The number of halogens is 1. The first-order valence-electron chi connectivity index (χ1n) is 6.60. The van der Waals surface area contributed by atoms with E-state index in [9.17, 15) is 0 Å². The standard InChI is InChI=1S/C16H14ClN2P/c1-19(2)16-12(15-14-9-20(14)15)6-7-13(18-16)10-4-3-5-11(17)8-10/h3-8H,9H2,1-2H3. The zero-order valence-corrected chi connectivity index (χ0v) is 13.0. The molecule has 4 rings (SSSR count). The molecule has 100 valence electrons. The number of fused-ring (bicyclic) bond motifs is 1. The molecule has 0 N–H and O–H groups in total. The van der Waals surface area contributed by atoms with Crippen molar-refractivity contribution >= 4 is 30.7 Å². The lowest BCUT2D eigenvalue weighted by atomic mass is 10.1. The van der Waals surface area contributed by atoms with E-state index in [0.29, 0.717) is 0 Å². The van der Waals surface area contributed by atoms with Gasteiger partial charge < -0.3 is 4.90 Å². The Morgan fingerprint density at radius 1 is 1.20 bits per heavy atom. The Kier molecular flexibility index (Phi) is 2.67. The summed E-state index contributed by atoms with van der Waals surface area (Å²) in [5, 5.41) is 4.03. The number of rotatable bonds is 3. The summed E-state index contributed by atoms with van der Waals surface area (Å²) < 4.78 is 0. The lowest BCUT2D eigenvalue weighted by Gasteiger charge is -2.17. The highest BCUT2D eigenvalue weighted by Gasteiger charge is 2.52. The lowest BCUT2D eigenvalue weighted by Crippen LogP contribution is -2.13. The van der Waals surface area contributed by atoms with Gasteiger partial charge in [0.15, 0.2) is 0 Å². The highest BCUT2D eigenvalue weighted by Crippen LogP contribution is 2.90. The Labute approximate surface area is 124 Å². The molecular formula is C16H14ClN2P. The predicted octanol–water partition coefficient (Wildman–Crippen LogP) is 4.65. The molecule has 2 aliphatic rings. The van der Waals surface area contributed by atoms with Crippen LogP contribution in [-0.4, -0.2) is 25.2 Å². The molecule has 2 aromatic rings. The van der Waals surface area contributed by atoms with Crippen LogP contribution in [0.2, 0.25) is 5.02 Å². The minimum absolute atomic E-state index is 0.192. The molecule has 0 bridgehead atoms. The van der Waals surface area contributed by atoms with E-state index in [2.05, 4.69) is 31.1 Å². The summed E-state index contributed by atoms with van der Waals surface area (Å²) in [7, 11) is 4.30. The zero-order valence-electron chi connectivity index (χ0n) is 11.4. The molecule has 2 nitrogen and oxygen atoms in total. The van der Waals surface area contributed by atoms with Crippen LogP contribution < -0.4 is 4.90 Å². The van der Waals surface area contributed by atoms with E-state index in [4.69, 9.17) is 16.6 Å². The monoisotopic (exact) mass is 300 g/mol. The van der Waals surface area contributed by atoms with Crippen LogP contribution in [0.4, 0.5) is 5.82 Å². The van der Waals surface area contributed by atoms with E-state index in [1.807, 2.05) is 24.3 Å². The van der Waals surface area contributed by atoms with E-state index in [1.54, 1.807) is 10.6 Å². The molecule has 0 amide bonds. The Bertz CT molecular complexity index is 752. The summed E-state index contributed by atoms with van der Waals surface area (Å²) >= 11 is 6.07. The maximum absolute atomic E-state index is 6.07. The number of aromatic nitrogens is 1. The molecule has 0 radical (unpaired) electrons. The van der Waals surface area contributed by atoms with Crippen LogP contribution in [0.1, 0.15) is 5.56 Å². The quantitative estimate of drug-likeness (QED) is 0.767. The normalized spacial score (nSPS) is 18.9. The summed E-state index contributed by atoms with van der Waals surface area (Å²) in [6.07, 6.45) is 1.37. The largest absolute Gasteiger partial charge is 0.362 e. The molecule has 0 saturated carbocycles. The maximum atomic E-state index is 6.07. The number of hydrogen-bond donors (Lipinski definition) is 0. The molecule has 0 spiro atoms. The molecule has 1 fully saturated rings. The van der Waals surface area contributed by atoms with Gasteiger partial charge in [-0.1, -0.05) is 23.7 Å². The van der Waals surface area contributed by atoms with E-state index in [0.717, 1.165) is 22.1 Å². The summed E-state index contributed by atoms with van der Waals surface area (Å²) in [5.74, 6) is 1.07. The SMILES string of the molecule is CN(C)c1nc(-c2cccc(Cl)c2)ccc1C1=C2CP21. The van der Waals surface area contributed by atoms with Crippen molar-refractivity contribution in [2.45, 2.75) is 0 Å². The van der Waals surface area contributed by atoms with Crippen molar-refractivity contribution in [1.29, 1.82) is 0 Å². The number of anilines is 1. The van der Waals surface area contributed by atoms with Gasteiger partial charge in [-0.05, 0) is 42.8 Å². The maximum Gasteiger partial charge on any atom is 0.136 e. The van der Waals surface area contributed by atoms with Crippen molar-refractivity contribution in [1.82, 2.24) is 4.98 Å². The first kappa shape index (κ1) is 12.4. The van der Waals surface area contributed by atoms with Gasteiger partial charge in [0.1, 0.15) is 5.82 Å². The molecule has 1 aromatic heterocycles.